The van der Waals surface area contributed by atoms with Crippen molar-refractivity contribution >= 4 is 34.9 Å². The van der Waals surface area contributed by atoms with Crippen LogP contribution in [0.2, 0.25) is 0 Å². The highest BCUT2D eigenvalue weighted by Crippen LogP contribution is 2.16. The molecule has 3 N–H and O–H groups in total. The highest BCUT2D eigenvalue weighted by molar-refractivity contribution is 7.80. The molecule has 0 unspecified atom stereocenters. The van der Waals surface area contributed by atoms with Crippen LogP contribution >= 0.6 is 12.2 Å². The second-order valence-electron chi connectivity index (χ2n) is 4.43. The second-order valence-corrected chi connectivity index (χ2v) is 4.84. The molecule has 5 nitrogen and oxygen atoms in total. The van der Waals surface area contributed by atoms with Gasteiger partial charge in [0, 0.05) is 11.6 Å². The number of benzene rings is 1. The van der Waals surface area contributed by atoms with Crippen molar-refractivity contribution in [3.8, 4) is 0 Å². The molecule has 0 aromatic heterocycles. The lowest BCUT2D eigenvalue weighted by atomic mass is 10.1. The average molecular weight is 280 g/mol. The minimum Gasteiger partial charge on any atom is -0.478 e. The number of amides is 1. The summed E-state index contributed by atoms with van der Waals surface area (Å²) in [4.78, 5) is 22.4. The summed E-state index contributed by atoms with van der Waals surface area (Å²) in [5.41, 5.74) is 1.56. The Morgan fingerprint density at radius 2 is 1.95 bits per heavy atom. The molecule has 102 valence electrons. The van der Waals surface area contributed by atoms with E-state index in [2.05, 4.69) is 10.6 Å². The van der Waals surface area contributed by atoms with E-state index < -0.39 is 5.97 Å². The SMILES string of the molecule is Cc1ccc(C(=O)O)cc1NC(=S)NC(=O)C(C)C. The van der Waals surface area contributed by atoms with E-state index in [-0.39, 0.29) is 22.5 Å². The van der Waals surface area contributed by atoms with Crippen molar-refractivity contribution in [3.63, 3.8) is 0 Å². The number of anilines is 1. The number of thiocarbonyl (C=S) groups is 1. The maximum Gasteiger partial charge on any atom is 0.335 e. The average Bonchev–Trinajstić information content (AvgIpc) is 2.31. The molecule has 0 aliphatic heterocycles. The normalized spacial score (nSPS) is 10.1. The molecule has 0 atom stereocenters. The number of hydrogen-bond acceptors (Lipinski definition) is 3. The number of nitrogens with one attached hydrogen (secondary N) is 2. The first-order chi connectivity index (χ1) is 8.81. The predicted molar refractivity (Wildman–Crippen MR) is 77.3 cm³/mol. The lowest BCUT2D eigenvalue weighted by Crippen LogP contribution is -2.36. The zero-order chi connectivity index (χ0) is 14.6. The van der Waals surface area contributed by atoms with Crippen LogP contribution in [0.3, 0.4) is 0 Å². The van der Waals surface area contributed by atoms with Crippen LogP contribution in [0.5, 0.6) is 0 Å². The molecular weight excluding hydrogens is 264 g/mol. The third-order valence-corrected chi connectivity index (χ3v) is 2.70. The summed E-state index contributed by atoms with van der Waals surface area (Å²) >= 11 is 5.01. The molecule has 1 aromatic carbocycles. The molecule has 0 bridgehead atoms. The van der Waals surface area contributed by atoms with Gasteiger partial charge in [0.25, 0.3) is 0 Å². The fourth-order valence-corrected chi connectivity index (χ4v) is 1.51. The van der Waals surface area contributed by atoms with Crippen LogP contribution < -0.4 is 10.6 Å². The van der Waals surface area contributed by atoms with Crippen molar-refractivity contribution in [3.05, 3.63) is 29.3 Å². The molecule has 1 amide bonds. The molecule has 0 heterocycles. The van der Waals surface area contributed by atoms with Gasteiger partial charge >= 0.3 is 5.97 Å². The number of aromatic carboxylic acids is 1. The van der Waals surface area contributed by atoms with Crippen LogP contribution in [0.15, 0.2) is 18.2 Å². The van der Waals surface area contributed by atoms with Crippen LogP contribution in [0.4, 0.5) is 5.69 Å². The van der Waals surface area contributed by atoms with Gasteiger partial charge in [0.05, 0.1) is 5.56 Å². The van der Waals surface area contributed by atoms with Gasteiger partial charge in [-0.15, -0.1) is 0 Å². The number of hydrogen-bond donors (Lipinski definition) is 3. The van der Waals surface area contributed by atoms with Gasteiger partial charge in [-0.05, 0) is 36.8 Å². The Kier molecular flexibility index (Phi) is 5.00. The maximum absolute atomic E-state index is 11.5. The van der Waals surface area contributed by atoms with E-state index in [0.717, 1.165) is 5.56 Å². The van der Waals surface area contributed by atoms with Crippen molar-refractivity contribution in [1.82, 2.24) is 5.32 Å². The van der Waals surface area contributed by atoms with Gasteiger partial charge in [0.2, 0.25) is 5.91 Å². The van der Waals surface area contributed by atoms with E-state index in [1.807, 2.05) is 6.92 Å². The van der Waals surface area contributed by atoms with Crippen LogP contribution in [0.1, 0.15) is 29.8 Å². The third-order valence-electron chi connectivity index (χ3n) is 2.49. The van der Waals surface area contributed by atoms with Gasteiger partial charge in [-0.1, -0.05) is 19.9 Å². The zero-order valence-corrected chi connectivity index (χ0v) is 11.8. The number of carboxylic acid groups (broad SMARTS) is 1. The first-order valence-corrected chi connectivity index (χ1v) is 6.18. The molecule has 6 heteroatoms. The van der Waals surface area contributed by atoms with Gasteiger partial charge in [-0.2, -0.15) is 0 Å². The minimum absolute atomic E-state index is 0.157. The van der Waals surface area contributed by atoms with Crippen molar-refractivity contribution in [2.24, 2.45) is 5.92 Å². The Hall–Kier alpha value is -1.95. The van der Waals surface area contributed by atoms with Gasteiger partial charge in [-0.3, -0.25) is 4.79 Å². The molecule has 0 aliphatic carbocycles. The highest BCUT2D eigenvalue weighted by Gasteiger charge is 2.11. The van der Waals surface area contributed by atoms with Crippen molar-refractivity contribution in [2.75, 3.05) is 5.32 Å². The zero-order valence-electron chi connectivity index (χ0n) is 11.0. The topological polar surface area (TPSA) is 78.4 Å². The fraction of sp³-hybridized carbons (Fsp3) is 0.308. The quantitative estimate of drug-likeness (QED) is 0.740. The van der Waals surface area contributed by atoms with Crippen LogP contribution in [-0.2, 0) is 4.79 Å². The largest absolute Gasteiger partial charge is 0.478 e. The molecule has 0 fully saturated rings. The Labute approximate surface area is 117 Å². The van der Waals surface area contributed by atoms with Crippen molar-refractivity contribution in [1.29, 1.82) is 0 Å². The smallest absolute Gasteiger partial charge is 0.335 e. The Morgan fingerprint density at radius 3 is 2.47 bits per heavy atom. The number of rotatable bonds is 3. The summed E-state index contributed by atoms with van der Waals surface area (Å²) in [7, 11) is 0. The molecule has 0 saturated carbocycles. The lowest BCUT2D eigenvalue weighted by Gasteiger charge is -2.13. The number of carbonyl (C=O) groups excluding carboxylic acids is 1. The number of aryl methyl sites for hydroxylation is 1. The number of carboxylic acids is 1. The highest BCUT2D eigenvalue weighted by atomic mass is 32.1. The maximum atomic E-state index is 11.5. The standard InChI is InChI=1S/C13H16N2O3S/c1-7(2)11(16)15-13(19)14-10-6-9(12(17)18)5-4-8(10)3/h4-7H,1-3H3,(H,17,18)(H2,14,15,16,19). The molecule has 19 heavy (non-hydrogen) atoms. The van der Waals surface area contributed by atoms with Crippen LogP contribution in [-0.4, -0.2) is 22.1 Å². The molecule has 0 spiro atoms. The molecule has 0 radical (unpaired) electrons. The Morgan fingerprint density at radius 1 is 1.32 bits per heavy atom. The summed E-state index contributed by atoms with van der Waals surface area (Å²) in [6, 6.07) is 4.67. The van der Waals surface area contributed by atoms with Gasteiger partial charge in [0.1, 0.15) is 0 Å². The van der Waals surface area contributed by atoms with E-state index in [1.54, 1.807) is 19.9 Å². The third kappa shape index (κ3) is 4.33. The van der Waals surface area contributed by atoms with Crippen molar-refractivity contribution in [2.45, 2.75) is 20.8 Å². The monoisotopic (exact) mass is 280 g/mol. The second kappa shape index (κ2) is 6.29. The van der Waals surface area contributed by atoms with E-state index in [9.17, 15) is 9.59 Å². The Bertz CT molecular complexity index is 527. The van der Waals surface area contributed by atoms with Crippen LogP contribution in [0.25, 0.3) is 0 Å². The van der Waals surface area contributed by atoms with E-state index >= 15 is 0 Å². The molecular formula is C13H16N2O3S. The molecule has 1 aromatic rings. The predicted octanol–water partition coefficient (Wildman–Crippen LogP) is 2.16. The van der Waals surface area contributed by atoms with Gasteiger partial charge in [0.15, 0.2) is 5.11 Å². The summed E-state index contributed by atoms with van der Waals surface area (Å²) in [6.45, 7) is 5.34. The van der Waals surface area contributed by atoms with Crippen LogP contribution in [0, 0.1) is 12.8 Å². The first kappa shape index (κ1) is 15.1. The summed E-state index contributed by atoms with van der Waals surface area (Å²) in [6.07, 6.45) is 0. The lowest BCUT2D eigenvalue weighted by molar-refractivity contribution is -0.122. The fourth-order valence-electron chi connectivity index (χ4n) is 1.30. The number of carbonyl (C=O) groups is 2. The van der Waals surface area contributed by atoms with Crippen molar-refractivity contribution < 1.29 is 14.7 Å². The van der Waals surface area contributed by atoms with Gasteiger partial charge < -0.3 is 15.7 Å². The summed E-state index contributed by atoms with van der Waals surface area (Å²) in [5, 5.41) is 14.4. The van der Waals surface area contributed by atoms with Gasteiger partial charge in [-0.25, -0.2) is 4.79 Å². The summed E-state index contributed by atoms with van der Waals surface area (Å²) < 4.78 is 0. The molecule has 1 rings (SSSR count). The van der Waals surface area contributed by atoms with E-state index in [1.165, 1.54) is 12.1 Å². The van der Waals surface area contributed by atoms with E-state index in [0.29, 0.717) is 5.69 Å². The van der Waals surface area contributed by atoms with E-state index in [4.69, 9.17) is 17.3 Å². The summed E-state index contributed by atoms with van der Waals surface area (Å²) in [5.74, 6) is -1.38. The molecule has 0 saturated heterocycles. The minimum atomic E-state index is -1.01. The first-order valence-electron chi connectivity index (χ1n) is 5.77. The molecule has 0 aliphatic rings. The Balaban J connectivity index is 2.81.